The number of hydrogen-bond acceptors (Lipinski definition) is 4. The Morgan fingerprint density at radius 3 is 2.89 bits per heavy atom. The van der Waals surface area contributed by atoms with Crippen LogP contribution in [0.15, 0.2) is 42.7 Å². The van der Waals surface area contributed by atoms with E-state index in [1.807, 2.05) is 30.3 Å². The van der Waals surface area contributed by atoms with E-state index in [-0.39, 0.29) is 0 Å². The van der Waals surface area contributed by atoms with Gasteiger partial charge in [-0.1, -0.05) is 6.07 Å². The molecule has 4 nitrogen and oxygen atoms in total. The summed E-state index contributed by atoms with van der Waals surface area (Å²) < 4.78 is 0. The summed E-state index contributed by atoms with van der Waals surface area (Å²) in [6.45, 7) is 0.701. The highest BCUT2D eigenvalue weighted by atomic mass is 15.1. The highest BCUT2D eigenvalue weighted by Crippen LogP contribution is 2.24. The van der Waals surface area contributed by atoms with Crippen LogP contribution in [0, 0.1) is 11.3 Å². The molecule has 0 amide bonds. The van der Waals surface area contributed by atoms with Gasteiger partial charge in [-0.2, -0.15) is 5.26 Å². The molecule has 1 heterocycles. The number of nitriles is 1. The Kier molecular flexibility index (Phi) is 3.44. The number of pyridine rings is 1. The number of nitrogens with zero attached hydrogens (tertiary/aromatic N) is 3. The maximum atomic E-state index is 8.91. The molecule has 4 heteroatoms. The number of benzene rings is 1. The van der Waals surface area contributed by atoms with Crippen molar-refractivity contribution in [2.24, 2.45) is 0 Å². The summed E-state index contributed by atoms with van der Waals surface area (Å²) in [6, 6.07) is 11.3. The van der Waals surface area contributed by atoms with Crippen LogP contribution in [0.25, 0.3) is 0 Å². The third-order valence-corrected chi connectivity index (χ3v) is 2.71. The van der Waals surface area contributed by atoms with E-state index in [4.69, 9.17) is 11.0 Å². The summed E-state index contributed by atoms with van der Waals surface area (Å²) in [4.78, 5) is 6.08. The fourth-order valence-corrected chi connectivity index (χ4v) is 1.79. The first-order chi connectivity index (χ1) is 8.70. The first-order valence-corrected chi connectivity index (χ1v) is 5.60. The Hall–Kier alpha value is -2.54. The maximum absolute atomic E-state index is 8.91. The zero-order valence-electron chi connectivity index (χ0n) is 10.2. The van der Waals surface area contributed by atoms with Crippen LogP contribution >= 0.6 is 0 Å². The largest absolute Gasteiger partial charge is 0.397 e. The molecule has 0 unspecified atom stereocenters. The van der Waals surface area contributed by atoms with Gasteiger partial charge in [-0.3, -0.25) is 4.98 Å². The molecular formula is C14H14N4. The number of hydrogen-bond donors (Lipinski definition) is 1. The summed E-state index contributed by atoms with van der Waals surface area (Å²) in [7, 11) is 1.94. The van der Waals surface area contributed by atoms with Crippen molar-refractivity contribution in [3.05, 3.63) is 53.9 Å². The minimum atomic E-state index is 0.609. The van der Waals surface area contributed by atoms with Crippen LogP contribution in [0.1, 0.15) is 11.1 Å². The third kappa shape index (κ3) is 2.58. The van der Waals surface area contributed by atoms with E-state index in [9.17, 15) is 0 Å². The SMILES string of the molecule is CN(Cc1cccnc1)c1cc(C#N)ccc1N. The Morgan fingerprint density at radius 2 is 2.22 bits per heavy atom. The van der Waals surface area contributed by atoms with Crippen LogP contribution in [0.5, 0.6) is 0 Å². The van der Waals surface area contributed by atoms with Gasteiger partial charge in [-0.25, -0.2) is 0 Å². The minimum Gasteiger partial charge on any atom is -0.397 e. The molecule has 1 aromatic carbocycles. The molecule has 0 radical (unpaired) electrons. The van der Waals surface area contributed by atoms with E-state index >= 15 is 0 Å². The summed E-state index contributed by atoms with van der Waals surface area (Å²) in [5, 5.41) is 8.91. The van der Waals surface area contributed by atoms with E-state index in [2.05, 4.69) is 11.1 Å². The number of aromatic nitrogens is 1. The smallest absolute Gasteiger partial charge is 0.0992 e. The molecule has 0 aliphatic carbocycles. The third-order valence-electron chi connectivity index (χ3n) is 2.71. The molecule has 0 saturated carbocycles. The predicted molar refractivity (Wildman–Crippen MR) is 71.9 cm³/mol. The lowest BCUT2D eigenvalue weighted by Gasteiger charge is -2.21. The Bertz CT molecular complexity index is 572. The molecule has 0 atom stereocenters. The van der Waals surface area contributed by atoms with Crippen molar-refractivity contribution in [3.8, 4) is 6.07 Å². The summed E-state index contributed by atoms with van der Waals surface area (Å²) in [5.41, 5.74) is 9.17. The lowest BCUT2D eigenvalue weighted by Crippen LogP contribution is -2.18. The molecule has 0 aliphatic heterocycles. The van der Waals surface area contributed by atoms with Crippen molar-refractivity contribution in [2.45, 2.75) is 6.54 Å². The summed E-state index contributed by atoms with van der Waals surface area (Å²) >= 11 is 0. The Morgan fingerprint density at radius 1 is 1.39 bits per heavy atom. The monoisotopic (exact) mass is 238 g/mol. The van der Waals surface area contributed by atoms with E-state index < -0.39 is 0 Å². The van der Waals surface area contributed by atoms with Crippen LogP contribution in [0.3, 0.4) is 0 Å². The Labute approximate surface area is 106 Å². The van der Waals surface area contributed by atoms with Gasteiger partial charge >= 0.3 is 0 Å². The number of anilines is 2. The van der Waals surface area contributed by atoms with E-state index in [1.54, 1.807) is 24.4 Å². The fourth-order valence-electron chi connectivity index (χ4n) is 1.79. The van der Waals surface area contributed by atoms with Gasteiger partial charge in [0.05, 0.1) is 23.0 Å². The van der Waals surface area contributed by atoms with Crippen LogP contribution < -0.4 is 10.6 Å². The van der Waals surface area contributed by atoms with Gasteiger partial charge in [0.2, 0.25) is 0 Å². The zero-order valence-corrected chi connectivity index (χ0v) is 10.2. The molecule has 18 heavy (non-hydrogen) atoms. The van der Waals surface area contributed by atoms with Gasteiger partial charge < -0.3 is 10.6 Å². The summed E-state index contributed by atoms with van der Waals surface area (Å²) in [6.07, 6.45) is 3.56. The van der Waals surface area contributed by atoms with Gasteiger partial charge in [-0.05, 0) is 29.8 Å². The highest BCUT2D eigenvalue weighted by molar-refractivity contribution is 5.69. The average Bonchev–Trinajstić information content (AvgIpc) is 2.40. The quantitative estimate of drug-likeness (QED) is 0.832. The van der Waals surface area contributed by atoms with Crippen molar-refractivity contribution < 1.29 is 0 Å². The predicted octanol–water partition coefficient (Wildman–Crippen LogP) is 2.17. The molecule has 0 aliphatic rings. The second-order valence-electron chi connectivity index (χ2n) is 4.10. The molecule has 1 aromatic heterocycles. The van der Waals surface area contributed by atoms with Gasteiger partial charge in [0.15, 0.2) is 0 Å². The zero-order chi connectivity index (χ0) is 13.0. The van der Waals surface area contributed by atoms with Crippen molar-refractivity contribution in [1.29, 1.82) is 5.26 Å². The molecular weight excluding hydrogens is 224 g/mol. The maximum Gasteiger partial charge on any atom is 0.0992 e. The first-order valence-electron chi connectivity index (χ1n) is 5.60. The van der Waals surface area contributed by atoms with Gasteiger partial charge in [0.25, 0.3) is 0 Å². The minimum absolute atomic E-state index is 0.609. The molecule has 2 aromatic rings. The normalized spacial score (nSPS) is 9.78. The molecule has 0 fully saturated rings. The topological polar surface area (TPSA) is 65.9 Å². The Balaban J connectivity index is 2.24. The van der Waals surface area contributed by atoms with Crippen molar-refractivity contribution in [2.75, 3.05) is 17.7 Å². The fraction of sp³-hybridized carbons (Fsp3) is 0.143. The molecule has 90 valence electrons. The van der Waals surface area contributed by atoms with Gasteiger partial charge in [-0.15, -0.1) is 0 Å². The molecule has 0 spiro atoms. The van der Waals surface area contributed by atoms with Crippen LogP contribution in [-0.2, 0) is 6.54 Å². The number of nitrogen functional groups attached to an aromatic ring is 1. The van der Waals surface area contributed by atoms with Crippen molar-refractivity contribution >= 4 is 11.4 Å². The summed E-state index contributed by atoms with van der Waals surface area (Å²) in [5.74, 6) is 0. The van der Waals surface area contributed by atoms with Crippen molar-refractivity contribution in [3.63, 3.8) is 0 Å². The molecule has 0 saturated heterocycles. The van der Waals surface area contributed by atoms with Crippen molar-refractivity contribution in [1.82, 2.24) is 4.98 Å². The van der Waals surface area contributed by atoms with Gasteiger partial charge in [0, 0.05) is 26.0 Å². The lowest BCUT2D eigenvalue weighted by atomic mass is 10.1. The van der Waals surface area contributed by atoms with Crippen LogP contribution in [0.2, 0.25) is 0 Å². The number of rotatable bonds is 3. The standard InChI is InChI=1S/C14H14N4/c1-18(10-12-3-2-6-17-9-12)14-7-11(8-15)4-5-13(14)16/h2-7,9H,10,16H2,1H3. The second kappa shape index (κ2) is 5.19. The van der Waals surface area contributed by atoms with E-state index in [0.29, 0.717) is 17.8 Å². The lowest BCUT2D eigenvalue weighted by molar-refractivity contribution is 0.916. The van der Waals surface area contributed by atoms with Crippen LogP contribution in [0.4, 0.5) is 11.4 Å². The molecule has 2 rings (SSSR count). The van der Waals surface area contributed by atoms with E-state index in [0.717, 1.165) is 11.3 Å². The molecule has 0 bridgehead atoms. The molecule has 2 N–H and O–H groups in total. The first kappa shape index (κ1) is 11.9. The average molecular weight is 238 g/mol. The highest BCUT2D eigenvalue weighted by Gasteiger charge is 2.07. The number of nitrogens with two attached hydrogens (primary N) is 1. The van der Waals surface area contributed by atoms with Gasteiger partial charge in [0.1, 0.15) is 0 Å². The van der Waals surface area contributed by atoms with E-state index in [1.165, 1.54) is 0 Å². The second-order valence-corrected chi connectivity index (χ2v) is 4.10. The van der Waals surface area contributed by atoms with Crippen LogP contribution in [-0.4, -0.2) is 12.0 Å².